The van der Waals surface area contributed by atoms with E-state index in [9.17, 15) is 4.79 Å². The predicted octanol–water partition coefficient (Wildman–Crippen LogP) is 5.70. The maximum absolute atomic E-state index is 12.0. The highest BCUT2D eigenvalue weighted by atomic mass is 32.2. The second-order valence-corrected chi connectivity index (χ2v) is 8.51. The summed E-state index contributed by atoms with van der Waals surface area (Å²) in [5, 5.41) is 0. The summed E-state index contributed by atoms with van der Waals surface area (Å²) in [7, 11) is 0. The van der Waals surface area contributed by atoms with Crippen LogP contribution in [-0.4, -0.2) is 34.9 Å². The van der Waals surface area contributed by atoms with Crippen molar-refractivity contribution < 1.29 is 4.79 Å². The van der Waals surface area contributed by atoms with Crippen molar-refractivity contribution in [3.05, 3.63) is 23.8 Å². The third kappa shape index (κ3) is 10.6. The molecule has 1 atom stereocenters. The first kappa shape index (κ1) is 22.3. The average molecular weight is 340 g/mol. The minimum atomic E-state index is 0.115. The molecule has 0 aliphatic carbocycles. The second-order valence-electron chi connectivity index (χ2n) is 7.00. The number of carbonyl (C=O) groups excluding carboxylic acids is 1. The van der Waals surface area contributed by atoms with E-state index in [0.29, 0.717) is 10.7 Å². The van der Waals surface area contributed by atoms with Gasteiger partial charge < -0.3 is 4.90 Å². The monoisotopic (exact) mass is 339 g/mol. The lowest BCUT2D eigenvalue weighted by molar-refractivity contribution is -0.125. The smallest absolute Gasteiger partial charge is 0.246 e. The van der Waals surface area contributed by atoms with Gasteiger partial charge in [-0.1, -0.05) is 45.8 Å². The van der Waals surface area contributed by atoms with Gasteiger partial charge in [-0.15, -0.1) is 0 Å². The van der Waals surface area contributed by atoms with Crippen molar-refractivity contribution in [3.8, 4) is 0 Å². The molecule has 0 aliphatic rings. The van der Waals surface area contributed by atoms with E-state index in [-0.39, 0.29) is 5.91 Å². The summed E-state index contributed by atoms with van der Waals surface area (Å²) in [6, 6.07) is 0. The van der Waals surface area contributed by atoms with Gasteiger partial charge in [0.1, 0.15) is 0 Å². The summed E-state index contributed by atoms with van der Waals surface area (Å²) < 4.78 is 0.402. The van der Waals surface area contributed by atoms with Gasteiger partial charge >= 0.3 is 0 Å². The number of nitrogens with zero attached hydrogens (tertiary/aromatic N) is 1. The van der Waals surface area contributed by atoms with Gasteiger partial charge in [0, 0.05) is 23.9 Å². The van der Waals surface area contributed by atoms with Gasteiger partial charge in [-0.3, -0.25) is 4.79 Å². The summed E-state index contributed by atoms with van der Waals surface area (Å²) in [4.78, 5) is 13.8. The van der Waals surface area contributed by atoms with E-state index in [0.717, 1.165) is 25.1 Å². The molecule has 0 spiro atoms. The van der Waals surface area contributed by atoms with E-state index in [2.05, 4.69) is 39.2 Å². The zero-order valence-corrected chi connectivity index (χ0v) is 17.1. The van der Waals surface area contributed by atoms with Gasteiger partial charge in [0.05, 0.1) is 0 Å². The van der Waals surface area contributed by atoms with Crippen LogP contribution in [-0.2, 0) is 4.79 Å². The van der Waals surface area contributed by atoms with Crippen LogP contribution in [0.5, 0.6) is 0 Å². The van der Waals surface area contributed by atoms with E-state index >= 15 is 0 Å². The summed E-state index contributed by atoms with van der Waals surface area (Å²) in [6.07, 6.45) is 13.2. The van der Waals surface area contributed by atoms with E-state index in [4.69, 9.17) is 0 Å². The summed E-state index contributed by atoms with van der Waals surface area (Å²) in [6.45, 7) is 14.5. The largest absolute Gasteiger partial charge is 0.340 e. The number of likely N-dealkylation sites (N-methyl/N-ethyl adjacent to an activating group) is 1. The Kier molecular flexibility index (Phi) is 11.4. The lowest BCUT2D eigenvalue weighted by atomic mass is 9.96. The topological polar surface area (TPSA) is 20.3 Å². The molecule has 0 aromatic rings. The van der Waals surface area contributed by atoms with Crippen LogP contribution in [0, 0.1) is 5.92 Å². The molecule has 0 fully saturated rings. The zero-order chi connectivity index (χ0) is 17.9. The third-order valence-corrected chi connectivity index (χ3v) is 5.68. The van der Waals surface area contributed by atoms with Gasteiger partial charge in [-0.25, -0.2) is 0 Å². The Bertz CT molecular complexity index is 394. The fourth-order valence-electron chi connectivity index (χ4n) is 2.45. The molecule has 0 radical (unpaired) electrons. The first-order chi connectivity index (χ1) is 10.8. The Morgan fingerprint density at radius 2 is 1.87 bits per heavy atom. The summed E-state index contributed by atoms with van der Waals surface area (Å²) in [5.74, 6) is 0.819. The molecule has 0 aromatic heterocycles. The third-order valence-electron chi connectivity index (χ3n) is 4.37. The molecule has 0 saturated carbocycles. The lowest BCUT2D eigenvalue weighted by Gasteiger charge is -2.22. The number of amides is 1. The Morgan fingerprint density at radius 1 is 1.26 bits per heavy atom. The van der Waals surface area contributed by atoms with Crippen molar-refractivity contribution in [2.45, 2.75) is 72.0 Å². The molecule has 134 valence electrons. The minimum Gasteiger partial charge on any atom is -0.340 e. The van der Waals surface area contributed by atoms with E-state index < -0.39 is 0 Å². The number of allylic oxidation sites excluding steroid dienone is 3. The molecular formula is C20H37NOS. The van der Waals surface area contributed by atoms with Crippen LogP contribution in [0.25, 0.3) is 0 Å². The normalized spacial score (nSPS) is 14.3. The Morgan fingerprint density at radius 3 is 2.39 bits per heavy atom. The van der Waals surface area contributed by atoms with Gasteiger partial charge in [0.25, 0.3) is 0 Å². The molecule has 0 aliphatic heterocycles. The first-order valence-electron chi connectivity index (χ1n) is 8.94. The van der Waals surface area contributed by atoms with Crippen LogP contribution in [0.2, 0.25) is 0 Å². The number of thioether (sulfide) groups is 1. The van der Waals surface area contributed by atoms with Crippen LogP contribution >= 0.6 is 11.8 Å². The molecule has 0 rings (SSSR count). The molecule has 0 N–H and O–H groups in total. The lowest BCUT2D eigenvalue weighted by Crippen LogP contribution is -2.28. The van der Waals surface area contributed by atoms with Crippen molar-refractivity contribution in [2.24, 2.45) is 5.92 Å². The zero-order valence-electron chi connectivity index (χ0n) is 16.3. The van der Waals surface area contributed by atoms with Crippen LogP contribution in [0.3, 0.4) is 0 Å². The van der Waals surface area contributed by atoms with Crippen molar-refractivity contribution in [1.82, 2.24) is 4.90 Å². The summed E-state index contributed by atoms with van der Waals surface area (Å²) in [5.41, 5.74) is 1.04. The van der Waals surface area contributed by atoms with Gasteiger partial charge in [0.15, 0.2) is 0 Å². The van der Waals surface area contributed by atoms with Crippen molar-refractivity contribution >= 4 is 17.7 Å². The van der Waals surface area contributed by atoms with Crippen molar-refractivity contribution in [2.75, 3.05) is 19.3 Å². The van der Waals surface area contributed by atoms with Gasteiger partial charge in [0.2, 0.25) is 5.91 Å². The standard InChI is InChI=1S/C20H37NOS/c1-8-21(9-2)19(22)16-18(4)13-10-12-17(3)14-11-15-20(5,6)23-7/h10,13,16-17H,8-9,11-12,14-15H2,1-7H3. The number of hydrogen-bond acceptors (Lipinski definition) is 2. The molecular weight excluding hydrogens is 302 g/mol. The molecule has 1 amide bonds. The quantitative estimate of drug-likeness (QED) is 0.356. The Balaban J connectivity index is 4.19. The van der Waals surface area contributed by atoms with Crippen LogP contribution in [0.1, 0.15) is 67.2 Å². The number of hydrogen-bond donors (Lipinski definition) is 0. The molecule has 0 saturated heterocycles. The fourth-order valence-corrected chi connectivity index (χ4v) is 2.80. The maximum Gasteiger partial charge on any atom is 0.246 e. The highest BCUT2D eigenvalue weighted by Crippen LogP contribution is 2.28. The first-order valence-corrected chi connectivity index (χ1v) is 10.2. The molecule has 0 bridgehead atoms. The molecule has 2 nitrogen and oxygen atoms in total. The molecule has 1 unspecified atom stereocenters. The maximum atomic E-state index is 12.0. The van der Waals surface area contributed by atoms with Crippen LogP contribution in [0.4, 0.5) is 0 Å². The molecule has 0 aromatic carbocycles. The van der Waals surface area contributed by atoms with E-state index in [1.54, 1.807) is 6.08 Å². The summed E-state index contributed by atoms with van der Waals surface area (Å²) >= 11 is 1.95. The van der Waals surface area contributed by atoms with Crippen molar-refractivity contribution in [3.63, 3.8) is 0 Å². The molecule has 0 heterocycles. The average Bonchev–Trinajstić information content (AvgIpc) is 2.48. The molecule has 23 heavy (non-hydrogen) atoms. The van der Waals surface area contributed by atoms with E-state index in [1.807, 2.05) is 37.4 Å². The van der Waals surface area contributed by atoms with Crippen LogP contribution < -0.4 is 0 Å². The Hall–Kier alpha value is -0.700. The van der Waals surface area contributed by atoms with Gasteiger partial charge in [-0.05, 0) is 51.4 Å². The highest BCUT2D eigenvalue weighted by Gasteiger charge is 2.15. The SMILES string of the molecule is CCN(CC)C(=O)C=C(C)C=CCC(C)CCCC(C)(C)SC. The van der Waals surface area contributed by atoms with E-state index in [1.165, 1.54) is 19.3 Å². The number of rotatable bonds is 11. The second kappa shape index (κ2) is 11.8. The van der Waals surface area contributed by atoms with Crippen molar-refractivity contribution in [1.29, 1.82) is 0 Å². The minimum absolute atomic E-state index is 0.115. The van der Waals surface area contributed by atoms with Gasteiger partial charge in [-0.2, -0.15) is 11.8 Å². The highest BCUT2D eigenvalue weighted by molar-refractivity contribution is 7.99. The van der Waals surface area contributed by atoms with Crippen LogP contribution in [0.15, 0.2) is 23.8 Å². The fraction of sp³-hybridized carbons (Fsp3) is 0.750. The predicted molar refractivity (Wildman–Crippen MR) is 106 cm³/mol. The number of carbonyl (C=O) groups is 1. The molecule has 3 heteroatoms. The Labute approximate surface area is 148 Å².